The molecule has 0 aliphatic heterocycles. The number of carbonyl (C=O) groups is 1. The molecule has 0 fully saturated rings. The van der Waals surface area contributed by atoms with E-state index in [1.807, 2.05) is 27.7 Å². The first-order valence-electron chi connectivity index (χ1n) is 4.38. The molecule has 1 N–H and O–H groups in total. The Morgan fingerprint density at radius 3 is 2.46 bits per heavy atom. The summed E-state index contributed by atoms with van der Waals surface area (Å²) in [7, 11) is 0. The summed E-state index contributed by atoms with van der Waals surface area (Å²) in [5.41, 5.74) is 1.92. The smallest absolute Gasteiger partial charge is 0.287 e. The largest absolute Gasteiger partial charge is 0.459 e. The van der Waals surface area contributed by atoms with Crippen LogP contribution in [0.2, 0.25) is 0 Å². The van der Waals surface area contributed by atoms with E-state index >= 15 is 0 Å². The van der Waals surface area contributed by atoms with Gasteiger partial charge in [-0.3, -0.25) is 4.79 Å². The molecule has 72 valence electrons. The lowest BCUT2D eigenvalue weighted by atomic mass is 10.2. The monoisotopic (exact) mass is 181 g/mol. The van der Waals surface area contributed by atoms with E-state index < -0.39 is 0 Å². The molecule has 1 amide bonds. The number of nitrogens with one attached hydrogen (secondary N) is 1. The van der Waals surface area contributed by atoms with Gasteiger partial charge in [0.05, 0.1) is 6.26 Å². The van der Waals surface area contributed by atoms with E-state index in [2.05, 4.69) is 5.32 Å². The molecule has 0 bridgehead atoms. The second-order valence-electron chi connectivity index (χ2n) is 3.50. The molecule has 13 heavy (non-hydrogen) atoms. The number of furan rings is 1. The highest BCUT2D eigenvalue weighted by molar-refractivity contribution is 5.93. The van der Waals surface area contributed by atoms with Gasteiger partial charge in [0.1, 0.15) is 0 Å². The molecule has 3 heteroatoms. The number of aryl methyl sites for hydroxylation is 1. The lowest BCUT2D eigenvalue weighted by Crippen LogP contribution is -2.30. The van der Waals surface area contributed by atoms with Gasteiger partial charge in [-0.2, -0.15) is 0 Å². The molecule has 0 atom stereocenters. The van der Waals surface area contributed by atoms with Gasteiger partial charge in [-0.1, -0.05) is 0 Å². The van der Waals surface area contributed by atoms with Crippen LogP contribution in [-0.2, 0) is 0 Å². The molecule has 0 saturated heterocycles. The molecule has 1 aromatic rings. The average Bonchev–Trinajstić information content (AvgIpc) is 2.31. The van der Waals surface area contributed by atoms with Crippen molar-refractivity contribution in [2.24, 2.45) is 0 Å². The normalized spacial score (nSPS) is 10.5. The van der Waals surface area contributed by atoms with E-state index in [-0.39, 0.29) is 11.9 Å². The molecule has 0 aliphatic carbocycles. The van der Waals surface area contributed by atoms with Gasteiger partial charge in [0.2, 0.25) is 0 Å². The zero-order valence-corrected chi connectivity index (χ0v) is 8.47. The van der Waals surface area contributed by atoms with Crippen LogP contribution in [0, 0.1) is 13.8 Å². The summed E-state index contributed by atoms with van der Waals surface area (Å²) in [6.07, 6.45) is 1.60. The first-order valence-corrected chi connectivity index (χ1v) is 4.38. The summed E-state index contributed by atoms with van der Waals surface area (Å²) in [4.78, 5) is 11.5. The van der Waals surface area contributed by atoms with Crippen molar-refractivity contribution in [2.45, 2.75) is 33.7 Å². The summed E-state index contributed by atoms with van der Waals surface area (Å²) < 4.78 is 5.15. The van der Waals surface area contributed by atoms with Crippen molar-refractivity contribution in [3.05, 3.63) is 23.2 Å². The minimum absolute atomic E-state index is 0.136. The summed E-state index contributed by atoms with van der Waals surface area (Å²) >= 11 is 0. The molecule has 0 aromatic carbocycles. The third kappa shape index (κ3) is 2.11. The van der Waals surface area contributed by atoms with Gasteiger partial charge >= 0.3 is 0 Å². The van der Waals surface area contributed by atoms with E-state index in [4.69, 9.17) is 4.42 Å². The van der Waals surface area contributed by atoms with Crippen molar-refractivity contribution in [1.29, 1.82) is 0 Å². The highest BCUT2D eigenvalue weighted by Gasteiger charge is 2.15. The van der Waals surface area contributed by atoms with Crippen LogP contribution in [0.3, 0.4) is 0 Å². The fourth-order valence-corrected chi connectivity index (χ4v) is 1.05. The van der Waals surface area contributed by atoms with Crippen molar-refractivity contribution < 1.29 is 9.21 Å². The van der Waals surface area contributed by atoms with Crippen molar-refractivity contribution >= 4 is 5.91 Å². The van der Waals surface area contributed by atoms with Crippen LogP contribution >= 0.6 is 0 Å². The topological polar surface area (TPSA) is 42.2 Å². The summed E-state index contributed by atoms with van der Waals surface area (Å²) in [6, 6.07) is 0.136. The van der Waals surface area contributed by atoms with Gasteiger partial charge in [0.25, 0.3) is 5.91 Å². The zero-order chi connectivity index (χ0) is 10.0. The van der Waals surface area contributed by atoms with E-state index in [0.29, 0.717) is 5.76 Å². The molecular formula is C10H15NO2. The van der Waals surface area contributed by atoms with Crippen LogP contribution in [-0.4, -0.2) is 11.9 Å². The lowest BCUT2D eigenvalue weighted by Gasteiger charge is -2.06. The molecule has 3 nitrogen and oxygen atoms in total. The van der Waals surface area contributed by atoms with Crippen LogP contribution in [0.4, 0.5) is 0 Å². The third-order valence-corrected chi connectivity index (χ3v) is 1.91. The molecule has 0 saturated carbocycles. The number of rotatable bonds is 2. The molecular weight excluding hydrogens is 166 g/mol. The third-order valence-electron chi connectivity index (χ3n) is 1.91. The van der Waals surface area contributed by atoms with Crippen molar-refractivity contribution in [3.63, 3.8) is 0 Å². The molecule has 1 aromatic heterocycles. The van der Waals surface area contributed by atoms with Gasteiger partial charge in [-0.05, 0) is 33.3 Å². The Morgan fingerprint density at radius 2 is 2.08 bits per heavy atom. The first kappa shape index (κ1) is 9.84. The Labute approximate surface area is 78.1 Å². The minimum atomic E-state index is -0.138. The van der Waals surface area contributed by atoms with Crippen LogP contribution in [0.5, 0.6) is 0 Å². The second kappa shape index (κ2) is 3.64. The Balaban J connectivity index is 2.83. The number of hydrogen-bond acceptors (Lipinski definition) is 2. The molecule has 0 aliphatic rings. The van der Waals surface area contributed by atoms with Crippen LogP contribution in [0.15, 0.2) is 10.7 Å². The fourth-order valence-electron chi connectivity index (χ4n) is 1.05. The summed E-state index contributed by atoms with van der Waals surface area (Å²) in [6.45, 7) is 7.64. The van der Waals surface area contributed by atoms with Gasteiger partial charge in [0, 0.05) is 11.6 Å². The van der Waals surface area contributed by atoms with Crippen LogP contribution < -0.4 is 5.32 Å². The molecule has 0 spiro atoms. The first-order chi connectivity index (χ1) is 6.02. The highest BCUT2D eigenvalue weighted by Crippen LogP contribution is 2.14. The van der Waals surface area contributed by atoms with Crippen LogP contribution in [0.25, 0.3) is 0 Å². The number of hydrogen-bond donors (Lipinski definition) is 1. The predicted octanol–water partition coefficient (Wildman–Crippen LogP) is 2.03. The fraction of sp³-hybridized carbons (Fsp3) is 0.500. The Bertz CT molecular complexity index is 313. The standard InChI is InChI=1S/C10H15NO2/c1-6(2)11-10(12)9-8(4)7(3)5-13-9/h5-6H,1-4H3,(H,11,12). The van der Waals surface area contributed by atoms with Gasteiger partial charge < -0.3 is 9.73 Å². The van der Waals surface area contributed by atoms with E-state index in [1.165, 1.54) is 0 Å². The SMILES string of the molecule is Cc1coc(C(=O)NC(C)C)c1C. The quantitative estimate of drug-likeness (QED) is 0.758. The molecule has 0 radical (unpaired) electrons. The maximum absolute atomic E-state index is 11.5. The zero-order valence-electron chi connectivity index (χ0n) is 8.47. The van der Waals surface area contributed by atoms with Crippen molar-refractivity contribution in [3.8, 4) is 0 Å². The molecule has 1 rings (SSSR count). The lowest BCUT2D eigenvalue weighted by molar-refractivity contribution is 0.0914. The van der Waals surface area contributed by atoms with Crippen molar-refractivity contribution in [1.82, 2.24) is 5.32 Å². The van der Waals surface area contributed by atoms with E-state index in [9.17, 15) is 4.79 Å². The molecule has 0 unspecified atom stereocenters. The summed E-state index contributed by atoms with van der Waals surface area (Å²) in [5.74, 6) is 0.284. The van der Waals surface area contributed by atoms with Gasteiger partial charge in [-0.25, -0.2) is 0 Å². The number of carbonyl (C=O) groups excluding carboxylic acids is 1. The van der Waals surface area contributed by atoms with Gasteiger partial charge in [-0.15, -0.1) is 0 Å². The maximum atomic E-state index is 11.5. The van der Waals surface area contributed by atoms with E-state index in [0.717, 1.165) is 11.1 Å². The Hall–Kier alpha value is -1.25. The average molecular weight is 181 g/mol. The summed E-state index contributed by atoms with van der Waals surface area (Å²) in [5, 5.41) is 2.78. The van der Waals surface area contributed by atoms with Gasteiger partial charge in [0.15, 0.2) is 5.76 Å². The maximum Gasteiger partial charge on any atom is 0.287 e. The van der Waals surface area contributed by atoms with E-state index in [1.54, 1.807) is 6.26 Å². The van der Waals surface area contributed by atoms with Crippen LogP contribution in [0.1, 0.15) is 35.5 Å². The predicted molar refractivity (Wildman–Crippen MR) is 50.8 cm³/mol. The second-order valence-corrected chi connectivity index (χ2v) is 3.50. The number of amides is 1. The van der Waals surface area contributed by atoms with Crippen molar-refractivity contribution in [2.75, 3.05) is 0 Å². The minimum Gasteiger partial charge on any atom is -0.459 e. The molecule has 1 heterocycles. The highest BCUT2D eigenvalue weighted by atomic mass is 16.3. The Morgan fingerprint density at radius 1 is 1.46 bits per heavy atom. The Kier molecular flexibility index (Phi) is 2.76.